The highest BCUT2D eigenvalue weighted by Gasteiger charge is 2.17. The molecule has 0 unspecified atom stereocenters. The second-order valence-electron chi connectivity index (χ2n) is 7.11. The third kappa shape index (κ3) is 5.76. The van der Waals surface area contributed by atoms with Crippen LogP contribution in [0.2, 0.25) is 0 Å². The van der Waals surface area contributed by atoms with Crippen molar-refractivity contribution in [3.05, 3.63) is 47.3 Å². The molecule has 2 rings (SSSR count). The number of nitrogens with zero attached hydrogens (tertiary/aromatic N) is 2. The molecule has 2 aromatic rings. The number of benzene rings is 1. The maximum atomic E-state index is 12.8. The maximum absolute atomic E-state index is 12.8. The lowest BCUT2D eigenvalue weighted by Crippen LogP contribution is -2.18. The lowest BCUT2D eigenvalue weighted by molar-refractivity contribution is 0.102. The van der Waals surface area contributed by atoms with Crippen molar-refractivity contribution < 1.29 is 9.53 Å². The van der Waals surface area contributed by atoms with Crippen molar-refractivity contribution in [3.8, 4) is 0 Å². The lowest BCUT2D eigenvalue weighted by Gasteiger charge is -2.20. The van der Waals surface area contributed by atoms with E-state index in [0.717, 1.165) is 23.2 Å². The highest BCUT2D eigenvalue weighted by Crippen LogP contribution is 2.32. The zero-order valence-electron chi connectivity index (χ0n) is 16.9. The Kier molecular flexibility index (Phi) is 7.73. The third-order valence-corrected chi connectivity index (χ3v) is 4.31. The second-order valence-corrected chi connectivity index (χ2v) is 7.11. The number of carbonyl (C=O) groups is 1. The van der Waals surface area contributed by atoms with Gasteiger partial charge in [-0.15, -0.1) is 0 Å². The molecule has 0 fully saturated rings. The summed E-state index contributed by atoms with van der Waals surface area (Å²) in [7, 11) is 1.67. The van der Waals surface area contributed by atoms with Crippen LogP contribution in [0.15, 0.2) is 30.5 Å². The van der Waals surface area contributed by atoms with Gasteiger partial charge >= 0.3 is 0 Å². The first-order valence-corrected chi connectivity index (χ1v) is 9.44. The maximum Gasteiger partial charge on any atom is 0.274 e. The van der Waals surface area contributed by atoms with E-state index in [-0.39, 0.29) is 5.91 Å². The standard InChI is InChI=1S/C21H30N4O2/c1-14(2)16-8-6-9-17(15(3)4)19(16)25-20(26)18-10-12-23-21(24-18)22-11-7-13-27-5/h6,8-10,12,14-15H,7,11,13H2,1-5H3,(H,25,26)(H,22,23,24). The van der Waals surface area contributed by atoms with Gasteiger partial charge in [0.05, 0.1) is 0 Å². The molecule has 0 saturated carbocycles. The number of carbonyl (C=O) groups excluding carboxylic acids is 1. The molecule has 2 N–H and O–H groups in total. The monoisotopic (exact) mass is 370 g/mol. The molecule has 0 aliphatic heterocycles. The number of rotatable bonds is 9. The van der Waals surface area contributed by atoms with Crippen molar-refractivity contribution in [2.75, 3.05) is 30.9 Å². The summed E-state index contributed by atoms with van der Waals surface area (Å²) < 4.78 is 5.02. The lowest BCUT2D eigenvalue weighted by atomic mass is 9.92. The first kappa shape index (κ1) is 20.8. The van der Waals surface area contributed by atoms with Crippen molar-refractivity contribution in [3.63, 3.8) is 0 Å². The predicted molar refractivity (Wildman–Crippen MR) is 110 cm³/mol. The Morgan fingerprint density at radius 2 is 1.78 bits per heavy atom. The summed E-state index contributed by atoms with van der Waals surface area (Å²) >= 11 is 0. The molecule has 0 atom stereocenters. The van der Waals surface area contributed by atoms with Gasteiger partial charge in [-0.1, -0.05) is 45.9 Å². The van der Waals surface area contributed by atoms with Crippen LogP contribution in [0.25, 0.3) is 0 Å². The Bertz CT molecular complexity index is 733. The number of nitrogens with one attached hydrogen (secondary N) is 2. The second kappa shape index (κ2) is 10.0. The number of methoxy groups -OCH3 is 1. The van der Waals surface area contributed by atoms with Gasteiger partial charge < -0.3 is 15.4 Å². The summed E-state index contributed by atoms with van der Waals surface area (Å²) in [5.74, 6) is 0.831. The van der Waals surface area contributed by atoms with Crippen LogP contribution in [0, 0.1) is 0 Å². The van der Waals surface area contributed by atoms with Crippen LogP contribution >= 0.6 is 0 Å². The molecule has 6 heteroatoms. The van der Waals surface area contributed by atoms with Crippen molar-refractivity contribution in [1.29, 1.82) is 0 Å². The van der Waals surface area contributed by atoms with Crippen LogP contribution in [0.5, 0.6) is 0 Å². The molecular weight excluding hydrogens is 340 g/mol. The molecule has 0 aliphatic rings. The van der Waals surface area contributed by atoms with E-state index in [0.29, 0.717) is 36.6 Å². The van der Waals surface area contributed by atoms with Gasteiger partial charge in [-0.05, 0) is 35.4 Å². The Hall–Kier alpha value is -2.47. The van der Waals surface area contributed by atoms with E-state index in [1.54, 1.807) is 19.4 Å². The normalized spacial score (nSPS) is 11.1. The van der Waals surface area contributed by atoms with Crippen molar-refractivity contribution >= 4 is 17.5 Å². The van der Waals surface area contributed by atoms with E-state index in [1.165, 1.54) is 0 Å². The predicted octanol–water partition coefficient (Wildman–Crippen LogP) is 4.42. The van der Waals surface area contributed by atoms with Gasteiger partial charge in [0.15, 0.2) is 0 Å². The largest absolute Gasteiger partial charge is 0.385 e. The first-order chi connectivity index (χ1) is 12.9. The number of amides is 1. The van der Waals surface area contributed by atoms with Crippen LogP contribution in [-0.2, 0) is 4.74 Å². The molecule has 27 heavy (non-hydrogen) atoms. The van der Waals surface area contributed by atoms with E-state index in [4.69, 9.17) is 4.74 Å². The van der Waals surface area contributed by atoms with E-state index < -0.39 is 0 Å². The van der Waals surface area contributed by atoms with Crippen LogP contribution in [0.3, 0.4) is 0 Å². The Balaban J connectivity index is 2.20. The van der Waals surface area contributed by atoms with Crippen LogP contribution in [0.1, 0.15) is 67.6 Å². The smallest absolute Gasteiger partial charge is 0.274 e. The summed E-state index contributed by atoms with van der Waals surface area (Å²) in [6.45, 7) is 9.86. The van der Waals surface area contributed by atoms with Gasteiger partial charge in [0.1, 0.15) is 5.69 Å². The van der Waals surface area contributed by atoms with Gasteiger partial charge in [0.2, 0.25) is 5.95 Å². The molecule has 0 radical (unpaired) electrons. The van der Waals surface area contributed by atoms with Gasteiger partial charge in [0.25, 0.3) is 5.91 Å². The third-order valence-electron chi connectivity index (χ3n) is 4.31. The Morgan fingerprint density at radius 1 is 1.11 bits per heavy atom. The topological polar surface area (TPSA) is 76.1 Å². The quantitative estimate of drug-likeness (QED) is 0.639. The first-order valence-electron chi connectivity index (χ1n) is 9.44. The van der Waals surface area contributed by atoms with Gasteiger partial charge in [-0.25, -0.2) is 9.97 Å². The molecule has 0 spiro atoms. The highest BCUT2D eigenvalue weighted by atomic mass is 16.5. The van der Waals surface area contributed by atoms with Gasteiger partial charge in [-0.2, -0.15) is 0 Å². The fourth-order valence-electron chi connectivity index (χ4n) is 2.86. The fraction of sp³-hybridized carbons (Fsp3) is 0.476. The number of aromatic nitrogens is 2. The minimum Gasteiger partial charge on any atom is -0.385 e. The summed E-state index contributed by atoms with van der Waals surface area (Å²) in [5, 5.41) is 6.20. The number of anilines is 2. The van der Waals surface area contributed by atoms with E-state index >= 15 is 0 Å². The Morgan fingerprint density at radius 3 is 2.37 bits per heavy atom. The Labute approximate surface area is 161 Å². The van der Waals surface area contributed by atoms with Crippen molar-refractivity contribution in [2.45, 2.75) is 46.0 Å². The SMILES string of the molecule is COCCCNc1nccc(C(=O)Nc2c(C(C)C)cccc2C(C)C)n1. The molecule has 0 bridgehead atoms. The summed E-state index contributed by atoms with van der Waals surface area (Å²) in [6, 6.07) is 7.81. The molecule has 1 aromatic heterocycles. The fourth-order valence-corrected chi connectivity index (χ4v) is 2.86. The number of hydrogen-bond acceptors (Lipinski definition) is 5. The molecule has 146 valence electrons. The zero-order valence-corrected chi connectivity index (χ0v) is 16.9. The highest BCUT2D eigenvalue weighted by molar-refractivity contribution is 6.04. The van der Waals surface area contributed by atoms with Crippen LogP contribution in [-0.4, -0.2) is 36.1 Å². The van der Waals surface area contributed by atoms with Crippen molar-refractivity contribution in [1.82, 2.24) is 9.97 Å². The average molecular weight is 370 g/mol. The van der Waals surface area contributed by atoms with E-state index in [9.17, 15) is 4.79 Å². The molecule has 1 heterocycles. The van der Waals surface area contributed by atoms with Crippen LogP contribution in [0.4, 0.5) is 11.6 Å². The molecular formula is C21H30N4O2. The summed E-state index contributed by atoms with van der Waals surface area (Å²) in [6.07, 6.45) is 2.44. The molecule has 0 aliphatic carbocycles. The zero-order chi connectivity index (χ0) is 19.8. The molecule has 0 saturated heterocycles. The van der Waals surface area contributed by atoms with E-state index in [1.807, 2.05) is 6.07 Å². The number of ether oxygens (including phenoxy) is 1. The number of hydrogen-bond donors (Lipinski definition) is 2. The van der Waals surface area contributed by atoms with Gasteiger partial charge in [-0.3, -0.25) is 4.79 Å². The average Bonchev–Trinajstić information content (AvgIpc) is 2.65. The van der Waals surface area contributed by atoms with Crippen LogP contribution < -0.4 is 10.6 Å². The summed E-state index contributed by atoms with van der Waals surface area (Å²) in [5.41, 5.74) is 3.48. The minimum atomic E-state index is -0.229. The van der Waals surface area contributed by atoms with Crippen molar-refractivity contribution in [2.24, 2.45) is 0 Å². The summed E-state index contributed by atoms with van der Waals surface area (Å²) in [4.78, 5) is 21.4. The molecule has 1 amide bonds. The number of para-hydroxylation sites is 1. The molecule has 1 aromatic carbocycles. The van der Waals surface area contributed by atoms with E-state index in [2.05, 4.69) is 60.4 Å². The minimum absolute atomic E-state index is 0.229. The van der Waals surface area contributed by atoms with Gasteiger partial charge in [0, 0.05) is 32.1 Å². The molecule has 6 nitrogen and oxygen atoms in total.